The summed E-state index contributed by atoms with van der Waals surface area (Å²) in [5.41, 5.74) is 0.151. The molecule has 2 rings (SSSR count). The molecule has 5 heteroatoms. The molecule has 5 nitrogen and oxygen atoms in total. The summed E-state index contributed by atoms with van der Waals surface area (Å²) >= 11 is 0. The van der Waals surface area contributed by atoms with E-state index in [9.17, 15) is 9.59 Å². The van der Waals surface area contributed by atoms with Crippen LogP contribution in [0.1, 0.15) is 42.7 Å². The van der Waals surface area contributed by atoms with Gasteiger partial charge >= 0.3 is 5.97 Å². The third-order valence-electron chi connectivity index (χ3n) is 2.66. The first-order valence-electron chi connectivity index (χ1n) is 6.02. The Morgan fingerprint density at radius 3 is 2.33 bits per heavy atom. The first kappa shape index (κ1) is 14.2. The predicted molar refractivity (Wildman–Crippen MR) is 67.4 cm³/mol. The molecule has 0 aromatic carbocycles. The molecule has 1 heterocycles. The van der Waals surface area contributed by atoms with Gasteiger partial charge in [0.15, 0.2) is 0 Å². The molecular formula is C13H18N2O3. The monoisotopic (exact) mass is 250 g/mol. The topological polar surface area (TPSA) is 79.3 Å². The summed E-state index contributed by atoms with van der Waals surface area (Å²) in [6.07, 6.45) is 2.55. The molecule has 0 atom stereocenters. The molecule has 1 aromatic heterocycles. The lowest BCUT2D eigenvalue weighted by Gasteiger charge is -2.11. The quantitative estimate of drug-likeness (QED) is 0.856. The van der Waals surface area contributed by atoms with E-state index >= 15 is 0 Å². The van der Waals surface area contributed by atoms with Gasteiger partial charge in [0, 0.05) is 6.20 Å². The van der Waals surface area contributed by atoms with Crippen molar-refractivity contribution in [2.24, 2.45) is 0 Å². The third kappa shape index (κ3) is 3.06. The molecule has 0 radical (unpaired) electrons. The van der Waals surface area contributed by atoms with Gasteiger partial charge in [0.25, 0.3) is 5.91 Å². The highest BCUT2D eigenvalue weighted by Crippen LogP contribution is 2.35. The Morgan fingerprint density at radius 1 is 1.33 bits per heavy atom. The molecule has 1 aliphatic rings. The van der Waals surface area contributed by atoms with Gasteiger partial charge in [0.2, 0.25) is 0 Å². The molecule has 2 N–H and O–H groups in total. The van der Waals surface area contributed by atoms with Gasteiger partial charge in [-0.05, 0) is 31.4 Å². The molecule has 1 aromatic rings. The average Bonchev–Trinajstić information content (AvgIpc) is 3.13. The van der Waals surface area contributed by atoms with Crippen molar-refractivity contribution in [2.45, 2.75) is 39.2 Å². The van der Waals surface area contributed by atoms with E-state index in [0.29, 0.717) is 12.8 Å². The molecule has 18 heavy (non-hydrogen) atoms. The van der Waals surface area contributed by atoms with Crippen molar-refractivity contribution in [2.75, 3.05) is 0 Å². The van der Waals surface area contributed by atoms with Gasteiger partial charge in [0.1, 0.15) is 11.2 Å². The second kappa shape index (κ2) is 5.62. The molecule has 0 unspecified atom stereocenters. The summed E-state index contributed by atoms with van der Waals surface area (Å²) < 4.78 is 0. The number of carboxylic acids is 1. The number of aliphatic carboxylic acids is 1. The number of carbonyl (C=O) groups is 2. The summed E-state index contributed by atoms with van der Waals surface area (Å²) in [7, 11) is 0. The number of amides is 1. The fourth-order valence-corrected chi connectivity index (χ4v) is 1.40. The van der Waals surface area contributed by atoms with E-state index in [0.717, 1.165) is 5.56 Å². The van der Waals surface area contributed by atoms with Crippen molar-refractivity contribution < 1.29 is 14.7 Å². The number of aromatic nitrogens is 1. The van der Waals surface area contributed by atoms with Crippen LogP contribution in [0.25, 0.3) is 0 Å². The molecule has 1 fully saturated rings. The zero-order chi connectivity index (χ0) is 13.8. The number of carboxylic acid groups (broad SMARTS) is 1. The standard InChI is InChI=1S/C11H12N2O3.C2H6/c1-7-2-3-8(12-6-7)9(14)13-11(4-5-11)10(15)16;1-2/h2-3,6H,4-5H2,1H3,(H,13,14)(H,15,16);1-2H3. The highest BCUT2D eigenvalue weighted by Gasteiger charge is 2.51. The van der Waals surface area contributed by atoms with Gasteiger partial charge in [0.05, 0.1) is 0 Å². The fourth-order valence-electron chi connectivity index (χ4n) is 1.40. The van der Waals surface area contributed by atoms with Gasteiger partial charge in [-0.15, -0.1) is 0 Å². The van der Waals surface area contributed by atoms with Crippen LogP contribution >= 0.6 is 0 Å². The minimum atomic E-state index is -1.05. The van der Waals surface area contributed by atoms with Crippen LogP contribution in [0, 0.1) is 6.92 Å². The fraction of sp³-hybridized carbons (Fsp3) is 0.462. The molecule has 0 saturated heterocycles. The molecule has 1 aliphatic carbocycles. The zero-order valence-corrected chi connectivity index (χ0v) is 10.9. The highest BCUT2D eigenvalue weighted by molar-refractivity contribution is 5.97. The number of carbonyl (C=O) groups excluding carboxylic acids is 1. The van der Waals surface area contributed by atoms with Crippen LogP contribution in [-0.2, 0) is 4.79 Å². The van der Waals surface area contributed by atoms with E-state index in [1.807, 2.05) is 20.8 Å². The van der Waals surface area contributed by atoms with E-state index < -0.39 is 17.4 Å². The maximum Gasteiger partial charge on any atom is 0.329 e. The summed E-state index contributed by atoms with van der Waals surface area (Å²) in [4.78, 5) is 26.5. The van der Waals surface area contributed by atoms with Crippen LogP contribution in [-0.4, -0.2) is 27.5 Å². The predicted octanol–water partition coefficient (Wildman–Crippen LogP) is 1.76. The van der Waals surface area contributed by atoms with Gasteiger partial charge < -0.3 is 10.4 Å². The first-order chi connectivity index (χ1) is 8.53. The Kier molecular flexibility index (Phi) is 4.42. The average molecular weight is 250 g/mol. The van der Waals surface area contributed by atoms with Gasteiger partial charge in [-0.25, -0.2) is 4.79 Å². The zero-order valence-electron chi connectivity index (χ0n) is 10.9. The van der Waals surface area contributed by atoms with E-state index in [2.05, 4.69) is 10.3 Å². The molecule has 98 valence electrons. The van der Waals surface area contributed by atoms with Crippen molar-refractivity contribution in [3.8, 4) is 0 Å². The van der Waals surface area contributed by atoms with Crippen LogP contribution in [0.5, 0.6) is 0 Å². The third-order valence-corrected chi connectivity index (χ3v) is 2.66. The lowest BCUT2D eigenvalue weighted by molar-refractivity contribution is -0.140. The molecular weight excluding hydrogens is 232 g/mol. The molecule has 0 bridgehead atoms. The van der Waals surface area contributed by atoms with Crippen LogP contribution in [0.2, 0.25) is 0 Å². The lowest BCUT2D eigenvalue weighted by Crippen LogP contribution is -2.43. The largest absolute Gasteiger partial charge is 0.480 e. The van der Waals surface area contributed by atoms with Crippen LogP contribution in [0.4, 0.5) is 0 Å². The number of nitrogens with zero attached hydrogens (tertiary/aromatic N) is 1. The van der Waals surface area contributed by atoms with E-state index in [4.69, 9.17) is 5.11 Å². The maximum atomic E-state index is 11.7. The van der Waals surface area contributed by atoms with E-state index in [1.54, 1.807) is 18.3 Å². The van der Waals surface area contributed by atoms with Gasteiger partial charge in [-0.2, -0.15) is 0 Å². The molecule has 1 saturated carbocycles. The Balaban J connectivity index is 0.000000771. The molecule has 0 aliphatic heterocycles. The number of nitrogens with one attached hydrogen (secondary N) is 1. The Labute approximate surface area is 106 Å². The lowest BCUT2D eigenvalue weighted by atomic mass is 10.2. The van der Waals surface area contributed by atoms with Crippen molar-refractivity contribution in [1.82, 2.24) is 10.3 Å². The van der Waals surface area contributed by atoms with E-state index in [-0.39, 0.29) is 5.69 Å². The first-order valence-corrected chi connectivity index (χ1v) is 6.02. The number of hydrogen-bond donors (Lipinski definition) is 2. The number of pyridine rings is 1. The van der Waals surface area contributed by atoms with Crippen molar-refractivity contribution >= 4 is 11.9 Å². The minimum Gasteiger partial charge on any atom is -0.480 e. The Morgan fingerprint density at radius 2 is 1.94 bits per heavy atom. The smallest absolute Gasteiger partial charge is 0.329 e. The highest BCUT2D eigenvalue weighted by atomic mass is 16.4. The summed E-state index contributed by atoms with van der Waals surface area (Å²) in [6.45, 7) is 5.87. The van der Waals surface area contributed by atoms with Gasteiger partial charge in [-0.3, -0.25) is 9.78 Å². The van der Waals surface area contributed by atoms with Crippen molar-refractivity contribution in [3.63, 3.8) is 0 Å². The number of aryl methyl sites for hydroxylation is 1. The van der Waals surface area contributed by atoms with E-state index in [1.165, 1.54) is 0 Å². The van der Waals surface area contributed by atoms with Crippen molar-refractivity contribution in [3.05, 3.63) is 29.6 Å². The minimum absolute atomic E-state index is 0.248. The summed E-state index contributed by atoms with van der Waals surface area (Å²) in [5, 5.41) is 11.4. The van der Waals surface area contributed by atoms with Crippen molar-refractivity contribution in [1.29, 1.82) is 0 Å². The summed E-state index contributed by atoms with van der Waals surface area (Å²) in [5.74, 6) is -1.41. The number of hydrogen-bond acceptors (Lipinski definition) is 3. The molecule has 1 amide bonds. The SMILES string of the molecule is CC.Cc1ccc(C(=O)NC2(C(=O)O)CC2)nc1. The van der Waals surface area contributed by atoms with Crippen LogP contribution in [0.15, 0.2) is 18.3 Å². The van der Waals surface area contributed by atoms with Crippen LogP contribution in [0.3, 0.4) is 0 Å². The second-order valence-corrected chi connectivity index (χ2v) is 4.06. The molecule has 0 spiro atoms. The maximum absolute atomic E-state index is 11.7. The normalized spacial score (nSPS) is 15.1. The second-order valence-electron chi connectivity index (χ2n) is 4.06. The Bertz CT molecular complexity index is 436. The van der Waals surface area contributed by atoms with Crippen LogP contribution < -0.4 is 5.32 Å². The van der Waals surface area contributed by atoms with Gasteiger partial charge in [-0.1, -0.05) is 19.9 Å². The summed E-state index contributed by atoms with van der Waals surface area (Å²) in [6, 6.07) is 3.35. The Hall–Kier alpha value is -1.91. The number of rotatable bonds is 3.